The largest absolute Gasteiger partial charge is 0.489 e. The van der Waals surface area contributed by atoms with Gasteiger partial charge in [-0.25, -0.2) is 4.79 Å². The lowest BCUT2D eigenvalue weighted by molar-refractivity contribution is 0.0692. The minimum absolute atomic E-state index is 0.231. The molecule has 1 aromatic rings. The van der Waals surface area contributed by atoms with Crippen LogP contribution in [0.4, 0.5) is 5.69 Å². The third kappa shape index (κ3) is 2.47. The number of para-hydroxylation sites is 1. The fourth-order valence-corrected chi connectivity index (χ4v) is 1.95. The molecule has 0 unspecified atom stereocenters. The van der Waals surface area contributed by atoms with Gasteiger partial charge in [0, 0.05) is 6.54 Å². The molecule has 2 rings (SSSR count). The summed E-state index contributed by atoms with van der Waals surface area (Å²) in [4.78, 5) is 13.3. The van der Waals surface area contributed by atoms with Gasteiger partial charge in [-0.2, -0.15) is 0 Å². The zero-order chi connectivity index (χ0) is 13.1. The Kier molecular flexibility index (Phi) is 3.55. The summed E-state index contributed by atoms with van der Waals surface area (Å²) in [5.41, 5.74) is 2.34. The fourth-order valence-electron chi connectivity index (χ4n) is 1.95. The Morgan fingerprint density at radius 1 is 1.50 bits per heavy atom. The van der Waals surface area contributed by atoms with Crippen LogP contribution in [0.5, 0.6) is 5.75 Å². The molecule has 0 radical (unpaired) electrons. The number of carboxylic acids is 1. The number of carboxylic acid groups (broad SMARTS) is 1. The van der Waals surface area contributed by atoms with Crippen LogP contribution in [0.1, 0.15) is 24.2 Å². The number of ether oxygens (including phenoxy) is 1. The molecular weight excluding hydrogens is 230 g/mol. The van der Waals surface area contributed by atoms with Gasteiger partial charge in [0.15, 0.2) is 5.75 Å². The van der Waals surface area contributed by atoms with Crippen molar-refractivity contribution in [1.29, 1.82) is 0 Å². The van der Waals surface area contributed by atoms with Crippen LogP contribution in [-0.2, 0) is 0 Å². The summed E-state index contributed by atoms with van der Waals surface area (Å²) in [5, 5.41) is 9.13. The Balaban J connectivity index is 2.35. The van der Waals surface area contributed by atoms with Gasteiger partial charge in [0.05, 0.1) is 12.2 Å². The molecule has 4 nitrogen and oxygen atoms in total. The lowest BCUT2D eigenvalue weighted by Crippen LogP contribution is -2.33. The highest BCUT2D eigenvalue weighted by Crippen LogP contribution is 2.34. The van der Waals surface area contributed by atoms with Crippen molar-refractivity contribution in [1.82, 2.24) is 0 Å². The molecule has 0 aromatic heterocycles. The van der Waals surface area contributed by atoms with E-state index >= 15 is 0 Å². The Morgan fingerprint density at radius 3 is 2.94 bits per heavy atom. The van der Waals surface area contributed by atoms with Crippen molar-refractivity contribution in [3.05, 3.63) is 35.4 Å². The number of carbonyl (C=O) groups is 1. The highest BCUT2D eigenvalue weighted by Gasteiger charge is 2.22. The average Bonchev–Trinajstić information content (AvgIpc) is 2.35. The van der Waals surface area contributed by atoms with Crippen LogP contribution < -0.4 is 9.64 Å². The second-order valence-electron chi connectivity index (χ2n) is 4.53. The molecule has 0 bridgehead atoms. The van der Waals surface area contributed by atoms with E-state index in [0.717, 1.165) is 18.8 Å². The van der Waals surface area contributed by atoms with E-state index in [2.05, 4.69) is 24.8 Å². The zero-order valence-electron chi connectivity index (χ0n) is 10.6. The number of hydrogen-bond acceptors (Lipinski definition) is 3. The van der Waals surface area contributed by atoms with Gasteiger partial charge in [-0.3, -0.25) is 0 Å². The van der Waals surface area contributed by atoms with Gasteiger partial charge < -0.3 is 14.7 Å². The molecule has 0 amide bonds. The Bertz CT molecular complexity index is 490. The van der Waals surface area contributed by atoms with Crippen LogP contribution in [0.15, 0.2) is 29.8 Å². The SMILES string of the molecule is CC(C)=CCN1CCOc2c(C(=O)O)cccc21. The first-order valence-corrected chi connectivity index (χ1v) is 5.97. The van der Waals surface area contributed by atoms with Gasteiger partial charge >= 0.3 is 5.97 Å². The number of allylic oxidation sites excluding steroid dienone is 1. The monoisotopic (exact) mass is 247 g/mol. The van der Waals surface area contributed by atoms with Crippen molar-refractivity contribution >= 4 is 11.7 Å². The predicted molar refractivity (Wildman–Crippen MR) is 70.5 cm³/mol. The lowest BCUT2D eigenvalue weighted by Gasteiger charge is -2.31. The molecule has 0 saturated carbocycles. The first-order chi connectivity index (χ1) is 8.59. The van der Waals surface area contributed by atoms with Gasteiger partial charge in [-0.15, -0.1) is 0 Å². The number of benzene rings is 1. The number of rotatable bonds is 3. The molecule has 0 fully saturated rings. The van der Waals surface area contributed by atoms with Gasteiger partial charge in [0.25, 0.3) is 0 Å². The van der Waals surface area contributed by atoms with E-state index < -0.39 is 5.97 Å². The summed E-state index contributed by atoms with van der Waals surface area (Å²) in [5.74, 6) is -0.464. The van der Waals surface area contributed by atoms with Crippen LogP contribution in [0.2, 0.25) is 0 Å². The van der Waals surface area contributed by atoms with E-state index in [-0.39, 0.29) is 5.56 Å². The molecule has 0 spiro atoms. The predicted octanol–water partition coefficient (Wildman–Crippen LogP) is 2.55. The summed E-state index contributed by atoms with van der Waals surface area (Å²) in [6.45, 7) is 6.18. The molecule has 1 N–H and O–H groups in total. The topological polar surface area (TPSA) is 49.8 Å². The third-order valence-corrected chi connectivity index (χ3v) is 2.89. The van der Waals surface area contributed by atoms with Crippen LogP contribution in [0.3, 0.4) is 0 Å². The second-order valence-corrected chi connectivity index (χ2v) is 4.53. The first kappa shape index (κ1) is 12.5. The van der Waals surface area contributed by atoms with Crippen molar-refractivity contribution in [2.75, 3.05) is 24.6 Å². The summed E-state index contributed by atoms with van der Waals surface area (Å²) in [7, 11) is 0. The van der Waals surface area contributed by atoms with Gasteiger partial charge in [0.1, 0.15) is 12.2 Å². The van der Waals surface area contributed by atoms with Gasteiger partial charge in [-0.1, -0.05) is 17.7 Å². The minimum Gasteiger partial charge on any atom is -0.489 e. The zero-order valence-corrected chi connectivity index (χ0v) is 10.6. The average molecular weight is 247 g/mol. The Morgan fingerprint density at radius 2 is 2.28 bits per heavy atom. The maximum atomic E-state index is 11.1. The van der Waals surface area contributed by atoms with Crippen molar-refractivity contribution in [2.24, 2.45) is 0 Å². The van der Waals surface area contributed by atoms with Crippen molar-refractivity contribution in [3.8, 4) is 5.75 Å². The standard InChI is InChI=1S/C14H17NO3/c1-10(2)6-7-15-8-9-18-13-11(14(16)17)4-3-5-12(13)15/h3-6H,7-9H2,1-2H3,(H,16,17). The summed E-state index contributed by atoms with van der Waals surface area (Å²) in [6, 6.07) is 5.23. The molecule has 1 aliphatic heterocycles. The Hall–Kier alpha value is -1.97. The molecule has 1 heterocycles. The number of nitrogens with zero attached hydrogens (tertiary/aromatic N) is 1. The molecule has 1 aliphatic rings. The molecule has 0 atom stereocenters. The van der Waals surface area contributed by atoms with E-state index in [4.69, 9.17) is 9.84 Å². The molecular formula is C14H17NO3. The Labute approximate surface area is 106 Å². The van der Waals surface area contributed by atoms with E-state index in [1.165, 1.54) is 5.57 Å². The molecule has 0 aliphatic carbocycles. The quantitative estimate of drug-likeness (QED) is 0.834. The third-order valence-electron chi connectivity index (χ3n) is 2.89. The lowest BCUT2D eigenvalue weighted by atomic mass is 10.1. The van der Waals surface area contributed by atoms with E-state index in [9.17, 15) is 4.79 Å². The molecule has 96 valence electrons. The van der Waals surface area contributed by atoms with Crippen molar-refractivity contribution in [2.45, 2.75) is 13.8 Å². The fraction of sp³-hybridized carbons (Fsp3) is 0.357. The summed E-state index contributed by atoms with van der Waals surface area (Å²) >= 11 is 0. The normalized spacial score (nSPS) is 13.6. The minimum atomic E-state index is -0.948. The maximum Gasteiger partial charge on any atom is 0.339 e. The maximum absolute atomic E-state index is 11.1. The summed E-state index contributed by atoms with van der Waals surface area (Å²) < 4.78 is 5.51. The van der Waals surface area contributed by atoms with Gasteiger partial charge in [-0.05, 0) is 26.0 Å². The van der Waals surface area contributed by atoms with Crippen molar-refractivity contribution in [3.63, 3.8) is 0 Å². The molecule has 1 aromatic carbocycles. The van der Waals surface area contributed by atoms with Gasteiger partial charge in [0.2, 0.25) is 0 Å². The smallest absolute Gasteiger partial charge is 0.339 e. The van der Waals surface area contributed by atoms with Crippen LogP contribution in [-0.4, -0.2) is 30.8 Å². The molecule has 4 heteroatoms. The van der Waals surface area contributed by atoms with E-state index in [0.29, 0.717) is 12.4 Å². The highest BCUT2D eigenvalue weighted by atomic mass is 16.5. The van der Waals surface area contributed by atoms with Crippen molar-refractivity contribution < 1.29 is 14.6 Å². The van der Waals surface area contributed by atoms with Crippen LogP contribution in [0, 0.1) is 0 Å². The number of fused-ring (bicyclic) bond motifs is 1. The highest BCUT2D eigenvalue weighted by molar-refractivity contribution is 5.93. The molecule has 18 heavy (non-hydrogen) atoms. The first-order valence-electron chi connectivity index (χ1n) is 5.97. The van der Waals surface area contributed by atoms with E-state index in [1.807, 2.05) is 6.07 Å². The number of anilines is 1. The molecule has 0 saturated heterocycles. The van der Waals surface area contributed by atoms with Crippen LogP contribution >= 0.6 is 0 Å². The summed E-state index contributed by atoms with van der Waals surface area (Å²) in [6.07, 6.45) is 2.13. The second kappa shape index (κ2) is 5.12. The van der Waals surface area contributed by atoms with E-state index in [1.54, 1.807) is 12.1 Å². The number of aromatic carboxylic acids is 1. The van der Waals surface area contributed by atoms with Crippen LogP contribution in [0.25, 0.3) is 0 Å². The number of hydrogen-bond donors (Lipinski definition) is 1.